The summed E-state index contributed by atoms with van der Waals surface area (Å²) < 4.78 is 11.4. The molecule has 1 amide bonds. The number of rotatable bonds is 7. The largest absolute Gasteiger partial charge is 0.490 e. The van der Waals surface area contributed by atoms with Crippen molar-refractivity contribution in [1.29, 1.82) is 0 Å². The van der Waals surface area contributed by atoms with Crippen LogP contribution in [0.3, 0.4) is 0 Å². The molecule has 30 heavy (non-hydrogen) atoms. The van der Waals surface area contributed by atoms with Crippen LogP contribution in [0, 0.1) is 5.92 Å². The number of amides is 1. The molecule has 1 fully saturated rings. The normalized spacial score (nSPS) is 16.8. The third kappa shape index (κ3) is 8.20. The Kier molecular flexibility index (Phi) is 11.1. The molecule has 0 saturated heterocycles. The molecule has 0 radical (unpaired) electrons. The second kappa shape index (κ2) is 13.6. The molecule has 1 heterocycles. The molecule has 1 saturated carbocycles. The van der Waals surface area contributed by atoms with Crippen LogP contribution in [0.25, 0.3) is 0 Å². The molecular formula is C22H35IN4O3. The van der Waals surface area contributed by atoms with Gasteiger partial charge in [0.1, 0.15) is 0 Å². The monoisotopic (exact) mass is 530 g/mol. The second-order valence-corrected chi connectivity index (χ2v) is 7.66. The number of hydrogen-bond donors (Lipinski definition) is 3. The lowest BCUT2D eigenvalue weighted by atomic mass is 9.87. The van der Waals surface area contributed by atoms with Gasteiger partial charge in [-0.15, -0.1) is 24.0 Å². The highest BCUT2D eigenvalue weighted by molar-refractivity contribution is 14.0. The van der Waals surface area contributed by atoms with Gasteiger partial charge < -0.3 is 25.4 Å². The van der Waals surface area contributed by atoms with E-state index in [0.29, 0.717) is 44.6 Å². The van der Waals surface area contributed by atoms with Gasteiger partial charge in [0.05, 0.1) is 19.8 Å². The fourth-order valence-electron chi connectivity index (χ4n) is 3.77. The van der Waals surface area contributed by atoms with Crippen LogP contribution in [0.4, 0.5) is 5.69 Å². The van der Waals surface area contributed by atoms with E-state index in [2.05, 4.69) is 20.9 Å². The van der Waals surface area contributed by atoms with E-state index >= 15 is 0 Å². The van der Waals surface area contributed by atoms with Gasteiger partial charge in [-0.2, -0.15) is 0 Å². The van der Waals surface area contributed by atoms with Gasteiger partial charge >= 0.3 is 0 Å². The predicted octanol–water partition coefficient (Wildman–Crippen LogP) is 3.93. The van der Waals surface area contributed by atoms with Crippen molar-refractivity contribution in [3.8, 4) is 11.5 Å². The number of ether oxygens (including phenoxy) is 2. The van der Waals surface area contributed by atoms with E-state index in [1.165, 1.54) is 32.1 Å². The molecule has 1 aromatic carbocycles. The Morgan fingerprint density at radius 1 is 1.07 bits per heavy atom. The lowest BCUT2D eigenvalue weighted by Crippen LogP contribution is -2.33. The van der Waals surface area contributed by atoms with Gasteiger partial charge in [0.2, 0.25) is 5.91 Å². The Bertz CT molecular complexity index is 693. The number of halogens is 1. The lowest BCUT2D eigenvalue weighted by Gasteiger charge is -2.20. The minimum absolute atomic E-state index is 0. The summed E-state index contributed by atoms with van der Waals surface area (Å²) in [5.41, 5.74) is 0.885. The zero-order valence-corrected chi connectivity index (χ0v) is 20.2. The van der Waals surface area contributed by atoms with Crippen molar-refractivity contribution in [3.05, 3.63) is 18.2 Å². The summed E-state index contributed by atoms with van der Waals surface area (Å²) in [6.45, 7) is 5.18. The lowest BCUT2D eigenvalue weighted by molar-refractivity contribution is -0.122. The first-order valence-electron chi connectivity index (χ1n) is 11.0. The Labute approximate surface area is 196 Å². The molecule has 3 N–H and O–H groups in total. The zero-order chi connectivity index (χ0) is 20.3. The van der Waals surface area contributed by atoms with Crippen LogP contribution in [0.15, 0.2) is 23.2 Å². The van der Waals surface area contributed by atoms with Crippen LogP contribution in [-0.4, -0.2) is 44.7 Å². The first kappa shape index (κ1) is 24.6. The predicted molar refractivity (Wildman–Crippen MR) is 131 cm³/mol. The highest BCUT2D eigenvalue weighted by atomic mass is 127. The van der Waals surface area contributed by atoms with E-state index in [9.17, 15) is 4.79 Å². The first-order valence-corrected chi connectivity index (χ1v) is 11.0. The van der Waals surface area contributed by atoms with E-state index in [4.69, 9.17) is 9.47 Å². The minimum Gasteiger partial charge on any atom is -0.490 e. The number of nitrogens with one attached hydrogen (secondary N) is 3. The highest BCUT2D eigenvalue weighted by Gasteiger charge is 2.16. The second-order valence-electron chi connectivity index (χ2n) is 7.66. The zero-order valence-electron chi connectivity index (χ0n) is 17.9. The van der Waals surface area contributed by atoms with Crippen molar-refractivity contribution in [2.45, 2.75) is 51.9 Å². The molecule has 1 aliphatic heterocycles. The van der Waals surface area contributed by atoms with E-state index in [1.54, 1.807) is 0 Å². The molecule has 0 aromatic heterocycles. The number of anilines is 1. The maximum absolute atomic E-state index is 12.1. The van der Waals surface area contributed by atoms with Gasteiger partial charge in [-0.3, -0.25) is 9.79 Å². The summed E-state index contributed by atoms with van der Waals surface area (Å²) in [5.74, 6) is 2.91. The first-order chi connectivity index (χ1) is 14.2. The van der Waals surface area contributed by atoms with Crippen molar-refractivity contribution >= 4 is 41.5 Å². The molecule has 168 valence electrons. The van der Waals surface area contributed by atoms with Crippen molar-refractivity contribution < 1.29 is 14.3 Å². The van der Waals surface area contributed by atoms with Gasteiger partial charge in [0.25, 0.3) is 0 Å². The van der Waals surface area contributed by atoms with Crippen LogP contribution in [0.5, 0.6) is 11.5 Å². The van der Waals surface area contributed by atoms with Crippen LogP contribution in [0.2, 0.25) is 0 Å². The summed E-state index contributed by atoms with van der Waals surface area (Å²) >= 11 is 0. The van der Waals surface area contributed by atoms with Crippen LogP contribution in [-0.2, 0) is 4.79 Å². The molecule has 0 unspecified atom stereocenters. The van der Waals surface area contributed by atoms with E-state index in [-0.39, 0.29) is 29.9 Å². The maximum atomic E-state index is 12.1. The van der Waals surface area contributed by atoms with E-state index < -0.39 is 0 Å². The smallest absolute Gasteiger partial charge is 0.220 e. The highest BCUT2D eigenvalue weighted by Crippen LogP contribution is 2.32. The number of fused-ring (bicyclic) bond motifs is 1. The van der Waals surface area contributed by atoms with Crippen molar-refractivity contribution in [2.24, 2.45) is 10.9 Å². The quantitative estimate of drug-likeness (QED) is 0.215. The molecule has 0 atom stereocenters. The summed E-state index contributed by atoms with van der Waals surface area (Å²) in [6.07, 6.45) is 7.76. The van der Waals surface area contributed by atoms with Gasteiger partial charge in [0, 0.05) is 37.7 Å². The van der Waals surface area contributed by atoms with Crippen LogP contribution < -0.4 is 25.4 Å². The molecule has 1 aliphatic carbocycles. The summed E-state index contributed by atoms with van der Waals surface area (Å²) in [6, 6.07) is 5.80. The molecule has 1 aromatic rings. The average molecular weight is 530 g/mol. The van der Waals surface area contributed by atoms with E-state index in [1.807, 2.05) is 25.1 Å². The number of carbonyl (C=O) groups is 1. The van der Waals surface area contributed by atoms with Gasteiger partial charge in [-0.25, -0.2) is 0 Å². The van der Waals surface area contributed by atoms with Gasteiger partial charge in [0.15, 0.2) is 17.5 Å². The molecule has 0 bridgehead atoms. The Balaban J connectivity index is 0.00000320. The standard InChI is InChI=1S/C22H34N4O3.HI/c1-2-23-22(25-12-11-24-21(27)15-17-7-4-3-5-8-17)26-18-9-10-19-20(16-18)29-14-6-13-28-19;/h9-10,16-17H,2-8,11-15H2,1H3,(H,24,27)(H2,23,25,26);1H. The van der Waals surface area contributed by atoms with Crippen molar-refractivity contribution in [3.63, 3.8) is 0 Å². The van der Waals surface area contributed by atoms with Crippen LogP contribution >= 0.6 is 24.0 Å². The number of carbonyl (C=O) groups excluding carboxylic acids is 1. The number of guanidine groups is 1. The van der Waals surface area contributed by atoms with E-state index in [0.717, 1.165) is 30.2 Å². The minimum atomic E-state index is 0. The summed E-state index contributed by atoms with van der Waals surface area (Å²) in [4.78, 5) is 16.7. The summed E-state index contributed by atoms with van der Waals surface area (Å²) in [5, 5.41) is 9.53. The van der Waals surface area contributed by atoms with Crippen LogP contribution in [0.1, 0.15) is 51.9 Å². The molecular weight excluding hydrogens is 495 g/mol. The average Bonchev–Trinajstić information content (AvgIpc) is 2.97. The van der Waals surface area contributed by atoms with Crippen molar-refractivity contribution in [2.75, 3.05) is 38.2 Å². The van der Waals surface area contributed by atoms with Crippen molar-refractivity contribution in [1.82, 2.24) is 10.6 Å². The maximum Gasteiger partial charge on any atom is 0.220 e. The third-order valence-electron chi connectivity index (χ3n) is 5.26. The summed E-state index contributed by atoms with van der Waals surface area (Å²) in [7, 11) is 0. The number of nitrogens with zero attached hydrogens (tertiary/aromatic N) is 1. The van der Waals surface area contributed by atoms with Gasteiger partial charge in [-0.1, -0.05) is 19.3 Å². The topological polar surface area (TPSA) is 84.0 Å². The number of aliphatic imine (C=N–C) groups is 1. The Morgan fingerprint density at radius 3 is 2.60 bits per heavy atom. The molecule has 3 rings (SSSR count). The molecule has 0 spiro atoms. The molecule has 7 nitrogen and oxygen atoms in total. The number of hydrogen-bond acceptors (Lipinski definition) is 4. The third-order valence-corrected chi connectivity index (χ3v) is 5.26. The SMILES string of the molecule is CCNC(=NCCNC(=O)CC1CCCCC1)Nc1ccc2c(c1)OCCCO2.I. The fourth-order valence-corrected chi connectivity index (χ4v) is 3.77. The Morgan fingerprint density at radius 2 is 1.83 bits per heavy atom. The molecule has 8 heteroatoms. The number of benzene rings is 1. The molecule has 2 aliphatic rings. The Hall–Kier alpha value is -1.71. The fraction of sp³-hybridized carbons (Fsp3) is 0.636. The van der Waals surface area contributed by atoms with Gasteiger partial charge in [-0.05, 0) is 37.8 Å².